The van der Waals surface area contributed by atoms with E-state index in [-0.39, 0.29) is 0 Å². The van der Waals surface area contributed by atoms with Gasteiger partial charge in [0.2, 0.25) is 0 Å². The van der Waals surface area contributed by atoms with Crippen LogP contribution in [0, 0.1) is 0 Å². The molecule has 3 nitrogen and oxygen atoms in total. The maximum absolute atomic E-state index is 5.25. The Balaban J connectivity index is 2.10. The lowest BCUT2D eigenvalue weighted by Gasteiger charge is -2.10. The largest absolute Gasteiger partial charge is 0.497 e. The Hall–Kier alpha value is -1.74. The van der Waals surface area contributed by atoms with E-state index in [0.29, 0.717) is 0 Å². The zero-order chi connectivity index (χ0) is 12.8. The van der Waals surface area contributed by atoms with Crippen LogP contribution >= 0.6 is 0 Å². The number of aromatic nitrogens is 1. The van der Waals surface area contributed by atoms with Gasteiger partial charge in [-0.15, -0.1) is 0 Å². The van der Waals surface area contributed by atoms with Crippen LogP contribution in [0.5, 0.6) is 5.75 Å². The van der Waals surface area contributed by atoms with Gasteiger partial charge in [-0.05, 0) is 36.4 Å². The van der Waals surface area contributed by atoms with Crippen molar-refractivity contribution >= 4 is 0 Å². The molecule has 1 heterocycles. The first-order valence-electron chi connectivity index (χ1n) is 6.31. The van der Waals surface area contributed by atoms with Gasteiger partial charge in [0, 0.05) is 25.0 Å². The molecule has 0 radical (unpaired) electrons. The Kier molecular flexibility index (Phi) is 4.42. The van der Waals surface area contributed by atoms with Crippen LogP contribution in [0.25, 0.3) is 0 Å². The number of nitrogens with one attached hydrogen (secondary N) is 1. The fourth-order valence-corrected chi connectivity index (χ4v) is 1.98. The van der Waals surface area contributed by atoms with E-state index in [1.165, 1.54) is 11.3 Å². The van der Waals surface area contributed by atoms with Crippen LogP contribution in [-0.2, 0) is 13.1 Å². The van der Waals surface area contributed by atoms with Gasteiger partial charge in [-0.25, -0.2) is 0 Å². The first-order valence-corrected chi connectivity index (χ1v) is 6.31. The van der Waals surface area contributed by atoms with Gasteiger partial charge in [-0.2, -0.15) is 0 Å². The Labute approximate surface area is 108 Å². The molecule has 1 aromatic carbocycles. The van der Waals surface area contributed by atoms with Crippen LogP contribution in [0.1, 0.15) is 18.2 Å². The lowest BCUT2D eigenvalue weighted by Crippen LogP contribution is -2.15. The lowest BCUT2D eigenvalue weighted by molar-refractivity contribution is 0.414. The molecule has 0 aliphatic rings. The number of hydrogen-bond acceptors (Lipinski definition) is 2. The second kappa shape index (κ2) is 6.26. The Bertz CT molecular complexity index is 491. The molecule has 18 heavy (non-hydrogen) atoms. The maximum Gasteiger partial charge on any atom is 0.119 e. The van der Waals surface area contributed by atoms with E-state index in [4.69, 9.17) is 4.74 Å². The van der Waals surface area contributed by atoms with E-state index >= 15 is 0 Å². The molecule has 0 aliphatic heterocycles. The van der Waals surface area contributed by atoms with Gasteiger partial charge in [0.25, 0.3) is 0 Å². The second-order valence-corrected chi connectivity index (χ2v) is 4.26. The summed E-state index contributed by atoms with van der Waals surface area (Å²) in [5, 5.41) is 3.35. The van der Waals surface area contributed by atoms with Gasteiger partial charge in [0.05, 0.1) is 7.11 Å². The molecule has 2 aromatic rings. The summed E-state index contributed by atoms with van der Waals surface area (Å²) in [4.78, 5) is 0. The van der Waals surface area contributed by atoms with Crippen LogP contribution in [0.15, 0.2) is 42.6 Å². The average molecular weight is 244 g/mol. The molecule has 0 amide bonds. The van der Waals surface area contributed by atoms with E-state index in [1.807, 2.05) is 12.1 Å². The Morgan fingerprint density at radius 2 is 2.11 bits per heavy atom. The number of nitrogens with zero attached hydrogens (tertiary/aromatic N) is 1. The van der Waals surface area contributed by atoms with Crippen molar-refractivity contribution in [3.8, 4) is 5.75 Å². The average Bonchev–Trinajstić information content (AvgIpc) is 2.84. The Morgan fingerprint density at radius 1 is 1.22 bits per heavy atom. The van der Waals surface area contributed by atoms with E-state index < -0.39 is 0 Å². The molecular weight excluding hydrogens is 224 g/mol. The molecule has 0 bridgehead atoms. The summed E-state index contributed by atoms with van der Waals surface area (Å²) in [6, 6.07) is 12.5. The van der Waals surface area contributed by atoms with E-state index in [9.17, 15) is 0 Å². The fourth-order valence-electron chi connectivity index (χ4n) is 1.98. The molecular formula is C15H20N2O. The van der Waals surface area contributed by atoms with Crippen LogP contribution < -0.4 is 10.1 Å². The minimum Gasteiger partial charge on any atom is -0.497 e. The molecule has 0 atom stereocenters. The van der Waals surface area contributed by atoms with Gasteiger partial charge in [-0.1, -0.05) is 19.1 Å². The lowest BCUT2D eigenvalue weighted by atomic mass is 10.2. The molecule has 0 saturated carbocycles. The molecule has 96 valence electrons. The van der Waals surface area contributed by atoms with Crippen LogP contribution in [0.2, 0.25) is 0 Å². The van der Waals surface area contributed by atoms with Gasteiger partial charge >= 0.3 is 0 Å². The molecule has 1 N–H and O–H groups in total. The number of rotatable bonds is 6. The van der Waals surface area contributed by atoms with E-state index in [0.717, 1.165) is 25.4 Å². The predicted octanol–water partition coefficient (Wildman–Crippen LogP) is 2.65. The van der Waals surface area contributed by atoms with Gasteiger partial charge in [0.1, 0.15) is 5.75 Å². The van der Waals surface area contributed by atoms with E-state index in [1.54, 1.807) is 7.11 Å². The molecule has 1 aromatic heterocycles. The third-order valence-corrected chi connectivity index (χ3v) is 2.97. The van der Waals surface area contributed by atoms with Gasteiger partial charge < -0.3 is 14.6 Å². The van der Waals surface area contributed by atoms with Crippen LogP contribution in [-0.4, -0.2) is 18.2 Å². The SMILES string of the molecule is CCNCc1cccn1Cc1cccc(OC)c1. The molecule has 0 fully saturated rings. The highest BCUT2D eigenvalue weighted by molar-refractivity contribution is 5.29. The topological polar surface area (TPSA) is 26.2 Å². The van der Waals surface area contributed by atoms with Crippen molar-refractivity contribution in [1.82, 2.24) is 9.88 Å². The minimum absolute atomic E-state index is 0.880. The molecule has 0 aliphatic carbocycles. The van der Waals surface area contributed by atoms with Gasteiger partial charge in [-0.3, -0.25) is 0 Å². The number of ether oxygens (including phenoxy) is 1. The standard InChI is InChI=1S/C15H20N2O/c1-3-16-11-14-7-5-9-17(14)12-13-6-4-8-15(10-13)18-2/h4-10,16H,3,11-12H2,1-2H3. The zero-order valence-corrected chi connectivity index (χ0v) is 11.0. The minimum atomic E-state index is 0.880. The van der Waals surface area contributed by atoms with Crippen molar-refractivity contribution < 1.29 is 4.74 Å². The number of methoxy groups -OCH3 is 1. The first-order chi connectivity index (χ1) is 8.83. The summed E-state index contributed by atoms with van der Waals surface area (Å²) in [6.45, 7) is 4.90. The van der Waals surface area contributed by atoms with Gasteiger partial charge in [0.15, 0.2) is 0 Å². The predicted molar refractivity (Wildman–Crippen MR) is 73.9 cm³/mol. The summed E-state index contributed by atoms with van der Waals surface area (Å²) in [6.07, 6.45) is 2.12. The summed E-state index contributed by atoms with van der Waals surface area (Å²) in [5.41, 5.74) is 2.56. The quantitative estimate of drug-likeness (QED) is 0.845. The van der Waals surface area contributed by atoms with Crippen molar-refractivity contribution in [1.29, 1.82) is 0 Å². The molecule has 0 saturated heterocycles. The monoisotopic (exact) mass is 244 g/mol. The molecule has 0 spiro atoms. The number of hydrogen-bond donors (Lipinski definition) is 1. The third-order valence-electron chi connectivity index (χ3n) is 2.97. The molecule has 3 heteroatoms. The maximum atomic E-state index is 5.25. The highest BCUT2D eigenvalue weighted by Gasteiger charge is 2.02. The normalized spacial score (nSPS) is 10.6. The summed E-state index contributed by atoms with van der Waals surface area (Å²) >= 11 is 0. The number of benzene rings is 1. The Morgan fingerprint density at radius 3 is 2.89 bits per heavy atom. The summed E-state index contributed by atoms with van der Waals surface area (Å²) < 4.78 is 7.51. The van der Waals surface area contributed by atoms with Crippen molar-refractivity contribution in [3.05, 3.63) is 53.9 Å². The fraction of sp³-hybridized carbons (Fsp3) is 0.333. The smallest absolute Gasteiger partial charge is 0.119 e. The molecule has 0 unspecified atom stereocenters. The summed E-state index contributed by atoms with van der Waals surface area (Å²) in [5.74, 6) is 0.910. The highest BCUT2D eigenvalue weighted by Crippen LogP contribution is 2.14. The third kappa shape index (κ3) is 3.14. The first kappa shape index (κ1) is 12.7. The van der Waals surface area contributed by atoms with Crippen LogP contribution in [0.4, 0.5) is 0 Å². The van der Waals surface area contributed by atoms with Crippen molar-refractivity contribution in [2.75, 3.05) is 13.7 Å². The summed E-state index contributed by atoms with van der Waals surface area (Å²) in [7, 11) is 1.70. The van der Waals surface area contributed by atoms with Crippen molar-refractivity contribution in [2.45, 2.75) is 20.0 Å². The van der Waals surface area contributed by atoms with Crippen molar-refractivity contribution in [3.63, 3.8) is 0 Å². The van der Waals surface area contributed by atoms with Crippen LogP contribution in [0.3, 0.4) is 0 Å². The second-order valence-electron chi connectivity index (χ2n) is 4.26. The highest BCUT2D eigenvalue weighted by atomic mass is 16.5. The van der Waals surface area contributed by atoms with E-state index in [2.05, 4.69) is 47.3 Å². The molecule has 2 rings (SSSR count). The van der Waals surface area contributed by atoms with Crippen molar-refractivity contribution in [2.24, 2.45) is 0 Å². The zero-order valence-electron chi connectivity index (χ0n) is 11.0.